The third-order valence-corrected chi connectivity index (χ3v) is 5.20. The molecule has 0 radical (unpaired) electrons. The standard InChI is InChI=1S/C23H29NO5/c1-5-27-23(26)18-8-6-7-13-24(18)22(25)19-11-12-21(28-19)29-20-14-17(15(2)3)10-9-16(20)4/h9-12,14-15,18H,5-8,13H2,1-4H3. The Bertz CT molecular complexity index is 870. The maximum atomic E-state index is 13.0. The first-order chi connectivity index (χ1) is 13.9. The van der Waals surface area contributed by atoms with Crippen LogP contribution < -0.4 is 4.74 Å². The minimum absolute atomic E-state index is 0.161. The molecule has 0 bridgehead atoms. The van der Waals surface area contributed by atoms with Gasteiger partial charge in [0.25, 0.3) is 11.9 Å². The van der Waals surface area contributed by atoms with Gasteiger partial charge in [-0.25, -0.2) is 4.79 Å². The van der Waals surface area contributed by atoms with Crippen molar-refractivity contribution in [1.82, 2.24) is 4.90 Å². The molecule has 29 heavy (non-hydrogen) atoms. The molecule has 0 spiro atoms. The zero-order valence-electron chi connectivity index (χ0n) is 17.6. The van der Waals surface area contributed by atoms with Crippen LogP contribution in [0.3, 0.4) is 0 Å². The van der Waals surface area contributed by atoms with Gasteiger partial charge in [0.05, 0.1) is 6.61 Å². The highest BCUT2D eigenvalue weighted by Gasteiger charge is 2.35. The molecule has 1 aliphatic heterocycles. The number of esters is 1. The van der Waals surface area contributed by atoms with Gasteiger partial charge in [-0.15, -0.1) is 0 Å². The number of furan rings is 1. The van der Waals surface area contributed by atoms with Crippen LogP contribution in [0.4, 0.5) is 0 Å². The number of ether oxygens (including phenoxy) is 2. The van der Waals surface area contributed by atoms with Crippen LogP contribution in [0, 0.1) is 6.92 Å². The summed E-state index contributed by atoms with van der Waals surface area (Å²) in [7, 11) is 0. The van der Waals surface area contributed by atoms with E-state index >= 15 is 0 Å². The molecule has 156 valence electrons. The predicted octanol–water partition coefficient (Wildman–Crippen LogP) is 5.06. The Hall–Kier alpha value is -2.76. The molecule has 0 saturated carbocycles. The van der Waals surface area contributed by atoms with Gasteiger partial charge < -0.3 is 18.8 Å². The average molecular weight is 399 g/mol. The fraction of sp³-hybridized carbons (Fsp3) is 0.478. The van der Waals surface area contributed by atoms with Crippen LogP contribution >= 0.6 is 0 Å². The monoisotopic (exact) mass is 399 g/mol. The minimum atomic E-state index is -0.560. The van der Waals surface area contributed by atoms with Crippen LogP contribution in [0.15, 0.2) is 34.7 Å². The van der Waals surface area contributed by atoms with E-state index in [1.54, 1.807) is 24.0 Å². The van der Waals surface area contributed by atoms with Crippen LogP contribution in [-0.2, 0) is 9.53 Å². The quantitative estimate of drug-likeness (QED) is 0.635. The molecular formula is C23H29NO5. The van der Waals surface area contributed by atoms with Gasteiger partial charge >= 0.3 is 5.97 Å². The van der Waals surface area contributed by atoms with Crippen LogP contribution in [0.2, 0.25) is 0 Å². The molecule has 1 aromatic carbocycles. The van der Waals surface area contributed by atoms with E-state index in [1.165, 1.54) is 5.56 Å². The van der Waals surface area contributed by atoms with E-state index in [-0.39, 0.29) is 23.6 Å². The van der Waals surface area contributed by atoms with E-state index in [9.17, 15) is 9.59 Å². The van der Waals surface area contributed by atoms with E-state index in [2.05, 4.69) is 19.9 Å². The molecule has 1 fully saturated rings. The second-order valence-electron chi connectivity index (χ2n) is 7.66. The summed E-state index contributed by atoms with van der Waals surface area (Å²) in [6.45, 7) is 8.78. The van der Waals surface area contributed by atoms with Gasteiger partial charge in [0.1, 0.15) is 11.8 Å². The number of carbonyl (C=O) groups is 2. The smallest absolute Gasteiger partial charge is 0.328 e. The molecule has 1 unspecified atom stereocenters. The number of benzene rings is 1. The molecule has 2 aromatic rings. The molecule has 1 amide bonds. The second-order valence-corrected chi connectivity index (χ2v) is 7.66. The minimum Gasteiger partial charge on any atom is -0.464 e. The van der Waals surface area contributed by atoms with E-state index in [0.29, 0.717) is 31.2 Å². The molecule has 1 aliphatic rings. The fourth-order valence-electron chi connectivity index (χ4n) is 3.48. The van der Waals surface area contributed by atoms with Crippen LogP contribution in [0.25, 0.3) is 0 Å². The predicted molar refractivity (Wildman–Crippen MR) is 109 cm³/mol. The normalized spacial score (nSPS) is 16.7. The van der Waals surface area contributed by atoms with Gasteiger partial charge in [-0.2, -0.15) is 0 Å². The molecule has 1 atom stereocenters. The molecule has 2 heterocycles. The summed E-state index contributed by atoms with van der Waals surface area (Å²) >= 11 is 0. The van der Waals surface area contributed by atoms with E-state index in [4.69, 9.17) is 13.9 Å². The van der Waals surface area contributed by atoms with Crippen molar-refractivity contribution in [2.75, 3.05) is 13.2 Å². The number of amides is 1. The fourth-order valence-corrected chi connectivity index (χ4v) is 3.48. The second kappa shape index (κ2) is 9.16. The van der Waals surface area contributed by atoms with Crippen LogP contribution in [0.1, 0.15) is 67.6 Å². The topological polar surface area (TPSA) is 69.0 Å². The number of aryl methyl sites for hydroxylation is 1. The van der Waals surface area contributed by atoms with Gasteiger partial charge in [0.15, 0.2) is 5.76 Å². The van der Waals surface area contributed by atoms with Crippen molar-refractivity contribution in [2.45, 2.75) is 58.9 Å². The van der Waals surface area contributed by atoms with Gasteiger partial charge in [-0.05, 0) is 62.3 Å². The van der Waals surface area contributed by atoms with Crippen molar-refractivity contribution in [3.8, 4) is 11.7 Å². The first-order valence-electron chi connectivity index (χ1n) is 10.3. The number of hydrogen-bond donors (Lipinski definition) is 0. The summed E-state index contributed by atoms with van der Waals surface area (Å²) in [5.74, 6) is 0.823. The summed E-state index contributed by atoms with van der Waals surface area (Å²) in [6.07, 6.45) is 2.36. The Balaban J connectivity index is 1.76. The third kappa shape index (κ3) is 4.81. The van der Waals surface area contributed by atoms with Crippen molar-refractivity contribution >= 4 is 11.9 Å². The number of rotatable bonds is 6. The largest absolute Gasteiger partial charge is 0.464 e. The molecule has 0 N–H and O–H groups in total. The van der Waals surface area contributed by atoms with E-state index in [1.807, 2.05) is 19.1 Å². The zero-order chi connectivity index (χ0) is 21.0. The highest BCUT2D eigenvalue weighted by Crippen LogP contribution is 2.31. The summed E-state index contributed by atoms with van der Waals surface area (Å²) in [5, 5.41) is 0. The Morgan fingerprint density at radius 3 is 2.72 bits per heavy atom. The summed E-state index contributed by atoms with van der Waals surface area (Å²) in [4.78, 5) is 26.8. The highest BCUT2D eigenvalue weighted by molar-refractivity contribution is 5.94. The van der Waals surface area contributed by atoms with Crippen LogP contribution in [-0.4, -0.2) is 36.0 Å². The number of piperidine rings is 1. The first kappa shape index (κ1) is 21.0. The van der Waals surface area contributed by atoms with Crippen molar-refractivity contribution in [3.63, 3.8) is 0 Å². The Morgan fingerprint density at radius 2 is 2.00 bits per heavy atom. The molecular weight excluding hydrogens is 370 g/mol. The molecule has 0 aliphatic carbocycles. The van der Waals surface area contributed by atoms with E-state index in [0.717, 1.165) is 18.4 Å². The lowest BCUT2D eigenvalue weighted by atomic mass is 10.0. The maximum absolute atomic E-state index is 13.0. The summed E-state index contributed by atoms with van der Waals surface area (Å²) in [5.41, 5.74) is 2.15. The Morgan fingerprint density at radius 1 is 1.21 bits per heavy atom. The van der Waals surface area contributed by atoms with Crippen molar-refractivity contribution < 1.29 is 23.5 Å². The molecule has 1 aromatic heterocycles. The van der Waals surface area contributed by atoms with Crippen molar-refractivity contribution in [2.24, 2.45) is 0 Å². The maximum Gasteiger partial charge on any atom is 0.328 e. The Labute approximate surface area is 171 Å². The number of nitrogens with zero attached hydrogens (tertiary/aromatic N) is 1. The Kier molecular flexibility index (Phi) is 6.62. The van der Waals surface area contributed by atoms with Crippen molar-refractivity contribution in [1.29, 1.82) is 0 Å². The van der Waals surface area contributed by atoms with Gasteiger partial charge in [0, 0.05) is 12.6 Å². The number of hydrogen-bond acceptors (Lipinski definition) is 5. The number of carbonyl (C=O) groups excluding carboxylic acids is 2. The lowest BCUT2D eigenvalue weighted by Crippen LogP contribution is -2.48. The van der Waals surface area contributed by atoms with E-state index < -0.39 is 6.04 Å². The molecule has 1 saturated heterocycles. The summed E-state index contributed by atoms with van der Waals surface area (Å²) < 4.78 is 16.7. The first-order valence-corrected chi connectivity index (χ1v) is 10.3. The SMILES string of the molecule is CCOC(=O)C1CCCCN1C(=O)c1ccc(Oc2cc(C(C)C)ccc2C)o1. The van der Waals surface area contributed by atoms with Crippen LogP contribution in [0.5, 0.6) is 11.7 Å². The molecule has 3 rings (SSSR count). The van der Waals surface area contributed by atoms with Gasteiger partial charge in [-0.3, -0.25) is 4.79 Å². The third-order valence-electron chi connectivity index (χ3n) is 5.20. The van der Waals surface area contributed by atoms with Gasteiger partial charge in [0.2, 0.25) is 0 Å². The van der Waals surface area contributed by atoms with Gasteiger partial charge in [-0.1, -0.05) is 26.0 Å². The lowest BCUT2D eigenvalue weighted by Gasteiger charge is -2.33. The summed E-state index contributed by atoms with van der Waals surface area (Å²) in [6, 6.07) is 8.75. The average Bonchev–Trinajstić information content (AvgIpc) is 3.17. The lowest BCUT2D eigenvalue weighted by molar-refractivity contribution is -0.149. The zero-order valence-corrected chi connectivity index (χ0v) is 17.6. The van der Waals surface area contributed by atoms with Crippen molar-refractivity contribution in [3.05, 3.63) is 47.2 Å². The molecule has 6 heteroatoms. The molecule has 6 nitrogen and oxygen atoms in total. The highest BCUT2D eigenvalue weighted by atomic mass is 16.6. The number of likely N-dealkylation sites (tertiary alicyclic amines) is 1.